The second-order valence-corrected chi connectivity index (χ2v) is 5.11. The molecular weight excluding hydrogens is 218 g/mol. The first-order chi connectivity index (χ1) is 7.99. The second-order valence-electron chi connectivity index (χ2n) is 5.11. The third kappa shape index (κ3) is 12.1. The molecule has 0 aromatic rings. The zero-order valence-electron chi connectivity index (χ0n) is 12.0. The van der Waals surface area contributed by atoms with Gasteiger partial charge < -0.3 is 19.5 Å². The molecule has 0 aliphatic rings. The molecule has 0 aromatic heterocycles. The molecule has 0 saturated carbocycles. The van der Waals surface area contributed by atoms with Crippen molar-refractivity contribution in [2.24, 2.45) is 0 Å². The zero-order valence-corrected chi connectivity index (χ0v) is 12.0. The van der Waals surface area contributed by atoms with Crippen molar-refractivity contribution >= 4 is 0 Å². The monoisotopic (exact) mass is 247 g/mol. The molecule has 0 fully saturated rings. The Kier molecular flexibility index (Phi) is 9.74. The summed E-state index contributed by atoms with van der Waals surface area (Å²) in [4.78, 5) is 0. The number of rotatable bonds is 10. The van der Waals surface area contributed by atoms with E-state index in [-0.39, 0.29) is 11.7 Å². The van der Waals surface area contributed by atoms with Crippen LogP contribution in [0.5, 0.6) is 0 Å². The largest absolute Gasteiger partial charge is 0.382 e. The predicted molar refractivity (Wildman–Crippen MR) is 70.5 cm³/mol. The number of nitrogens with one attached hydrogen (secondary N) is 1. The minimum atomic E-state index is -0.0967. The first kappa shape index (κ1) is 16.8. The highest BCUT2D eigenvalue weighted by molar-refractivity contribution is 4.62. The number of hydrogen-bond donors (Lipinski definition) is 1. The first-order valence-corrected chi connectivity index (χ1v) is 6.44. The van der Waals surface area contributed by atoms with Crippen molar-refractivity contribution in [3.05, 3.63) is 0 Å². The highest BCUT2D eigenvalue weighted by Crippen LogP contribution is 2.06. The van der Waals surface area contributed by atoms with Gasteiger partial charge in [0, 0.05) is 13.7 Å². The summed E-state index contributed by atoms with van der Waals surface area (Å²) >= 11 is 0. The third-order valence-corrected chi connectivity index (χ3v) is 2.12. The van der Waals surface area contributed by atoms with Crippen LogP contribution in [0.15, 0.2) is 0 Å². The van der Waals surface area contributed by atoms with Gasteiger partial charge in [0.15, 0.2) is 0 Å². The molecule has 0 radical (unpaired) electrons. The van der Waals surface area contributed by atoms with Crippen LogP contribution in [-0.4, -0.2) is 51.7 Å². The maximum Gasteiger partial charge on any atom is 0.0933 e. The Labute approximate surface area is 106 Å². The Balaban J connectivity index is 3.61. The van der Waals surface area contributed by atoms with E-state index < -0.39 is 0 Å². The summed E-state index contributed by atoms with van der Waals surface area (Å²) in [5.41, 5.74) is -0.0967. The van der Waals surface area contributed by atoms with Gasteiger partial charge in [0.2, 0.25) is 0 Å². The van der Waals surface area contributed by atoms with E-state index in [1.807, 2.05) is 20.8 Å². The maximum atomic E-state index is 5.71. The quantitative estimate of drug-likeness (QED) is 0.598. The van der Waals surface area contributed by atoms with Crippen molar-refractivity contribution in [1.82, 2.24) is 5.32 Å². The average Bonchev–Trinajstić information content (AvgIpc) is 2.23. The van der Waals surface area contributed by atoms with Gasteiger partial charge in [-0.2, -0.15) is 0 Å². The summed E-state index contributed by atoms with van der Waals surface area (Å²) in [7, 11) is 1.70. The fraction of sp³-hybridized carbons (Fsp3) is 1.00. The van der Waals surface area contributed by atoms with E-state index in [1.54, 1.807) is 7.11 Å². The molecule has 0 rings (SSSR count). The molecule has 1 unspecified atom stereocenters. The average molecular weight is 247 g/mol. The number of hydrogen-bond acceptors (Lipinski definition) is 4. The van der Waals surface area contributed by atoms with Crippen LogP contribution < -0.4 is 5.32 Å². The van der Waals surface area contributed by atoms with Crippen LogP contribution in [0.25, 0.3) is 0 Å². The Bertz CT molecular complexity index is 169. The molecule has 0 aliphatic carbocycles. The summed E-state index contributed by atoms with van der Waals surface area (Å²) < 4.78 is 16.4. The van der Waals surface area contributed by atoms with Crippen LogP contribution in [0.3, 0.4) is 0 Å². The molecule has 0 aromatic carbocycles. The normalized spacial score (nSPS) is 13.9. The van der Waals surface area contributed by atoms with Crippen molar-refractivity contribution in [1.29, 1.82) is 0 Å². The lowest BCUT2D eigenvalue weighted by Gasteiger charge is -2.22. The molecule has 0 heterocycles. The van der Waals surface area contributed by atoms with E-state index in [4.69, 9.17) is 14.2 Å². The van der Waals surface area contributed by atoms with E-state index in [9.17, 15) is 0 Å². The van der Waals surface area contributed by atoms with Gasteiger partial charge >= 0.3 is 0 Å². The molecule has 104 valence electrons. The van der Waals surface area contributed by atoms with Crippen molar-refractivity contribution in [2.45, 2.75) is 45.8 Å². The number of methoxy groups -OCH3 is 1. The lowest BCUT2D eigenvalue weighted by molar-refractivity contribution is -0.0639. The lowest BCUT2D eigenvalue weighted by Crippen LogP contribution is -2.34. The molecule has 0 saturated heterocycles. The van der Waals surface area contributed by atoms with Gasteiger partial charge in [0.1, 0.15) is 0 Å². The van der Waals surface area contributed by atoms with E-state index in [0.29, 0.717) is 19.8 Å². The van der Waals surface area contributed by atoms with E-state index >= 15 is 0 Å². The Hall–Kier alpha value is -0.160. The minimum Gasteiger partial charge on any atom is -0.382 e. The summed E-state index contributed by atoms with van der Waals surface area (Å²) in [6.45, 7) is 12.0. The lowest BCUT2D eigenvalue weighted by atomic mass is 10.2. The predicted octanol–water partition coefficient (Wildman–Crippen LogP) is 1.83. The van der Waals surface area contributed by atoms with Gasteiger partial charge in [0.05, 0.1) is 31.5 Å². The Morgan fingerprint density at radius 3 is 2.41 bits per heavy atom. The maximum absolute atomic E-state index is 5.71. The highest BCUT2D eigenvalue weighted by atomic mass is 16.6. The first-order valence-electron chi connectivity index (χ1n) is 6.44. The van der Waals surface area contributed by atoms with Gasteiger partial charge in [-0.05, 0) is 33.7 Å². The van der Waals surface area contributed by atoms with E-state index in [0.717, 1.165) is 19.5 Å². The summed E-state index contributed by atoms with van der Waals surface area (Å²) in [6.07, 6.45) is 1.24. The molecule has 17 heavy (non-hydrogen) atoms. The fourth-order valence-electron chi connectivity index (χ4n) is 1.35. The minimum absolute atomic E-state index is 0.0967. The van der Waals surface area contributed by atoms with Gasteiger partial charge in [0.25, 0.3) is 0 Å². The van der Waals surface area contributed by atoms with Crippen LogP contribution in [0, 0.1) is 0 Å². The van der Waals surface area contributed by atoms with Crippen molar-refractivity contribution < 1.29 is 14.2 Å². The van der Waals surface area contributed by atoms with Crippen LogP contribution in [0.2, 0.25) is 0 Å². The molecule has 0 bridgehead atoms. The van der Waals surface area contributed by atoms with Crippen LogP contribution in [0.1, 0.15) is 34.1 Å². The Morgan fingerprint density at radius 1 is 1.18 bits per heavy atom. The summed E-state index contributed by atoms with van der Waals surface area (Å²) in [5.74, 6) is 0. The molecule has 1 atom stereocenters. The van der Waals surface area contributed by atoms with Gasteiger partial charge in [-0.3, -0.25) is 0 Å². The van der Waals surface area contributed by atoms with Crippen molar-refractivity contribution in [3.63, 3.8) is 0 Å². The van der Waals surface area contributed by atoms with Crippen molar-refractivity contribution in [2.75, 3.05) is 40.0 Å². The smallest absolute Gasteiger partial charge is 0.0933 e. The number of ether oxygens (including phenoxy) is 3. The topological polar surface area (TPSA) is 39.7 Å². The molecule has 4 nitrogen and oxygen atoms in total. The zero-order chi connectivity index (χ0) is 13.1. The molecule has 1 N–H and O–H groups in total. The van der Waals surface area contributed by atoms with Gasteiger partial charge in [-0.1, -0.05) is 6.92 Å². The third-order valence-electron chi connectivity index (χ3n) is 2.12. The summed E-state index contributed by atoms with van der Waals surface area (Å²) in [6, 6.07) is 0. The van der Waals surface area contributed by atoms with E-state index in [2.05, 4.69) is 12.2 Å². The molecule has 0 aliphatic heterocycles. The fourth-order valence-corrected chi connectivity index (χ4v) is 1.35. The van der Waals surface area contributed by atoms with Crippen LogP contribution in [-0.2, 0) is 14.2 Å². The molecule has 0 amide bonds. The Morgan fingerprint density at radius 2 is 1.88 bits per heavy atom. The summed E-state index contributed by atoms with van der Waals surface area (Å²) in [5, 5.41) is 3.33. The van der Waals surface area contributed by atoms with Crippen molar-refractivity contribution in [3.8, 4) is 0 Å². The highest BCUT2D eigenvalue weighted by Gasteiger charge is 2.11. The van der Waals surface area contributed by atoms with Crippen LogP contribution in [0.4, 0.5) is 0 Å². The molecular formula is C13H29NO3. The molecule has 4 heteroatoms. The standard InChI is InChI=1S/C13H29NO3/c1-6-7-14-10-12(11-15-5)16-8-9-17-13(2,3)4/h12,14H,6-11H2,1-5H3. The molecule has 0 spiro atoms. The second kappa shape index (κ2) is 9.83. The van der Waals surface area contributed by atoms with Crippen LogP contribution >= 0.6 is 0 Å². The van der Waals surface area contributed by atoms with E-state index in [1.165, 1.54) is 0 Å². The van der Waals surface area contributed by atoms with Gasteiger partial charge in [-0.15, -0.1) is 0 Å². The SMILES string of the molecule is CCCNCC(COC)OCCOC(C)(C)C. The van der Waals surface area contributed by atoms with Gasteiger partial charge in [-0.25, -0.2) is 0 Å².